The minimum absolute atomic E-state index is 0.0648. The quantitative estimate of drug-likeness (QED) is 0.836. The third-order valence-electron chi connectivity index (χ3n) is 4.27. The SMILES string of the molecule is CNC(=O)c1ccc(CNCc2cccnc2N2CCOCC2)cc1. The normalized spacial score (nSPS) is 14.4. The smallest absolute Gasteiger partial charge is 0.251 e. The number of rotatable bonds is 6. The van der Waals surface area contributed by atoms with Gasteiger partial charge < -0.3 is 20.3 Å². The Kier molecular flexibility index (Phi) is 5.98. The van der Waals surface area contributed by atoms with Gasteiger partial charge >= 0.3 is 0 Å². The lowest BCUT2D eigenvalue weighted by Crippen LogP contribution is -2.37. The van der Waals surface area contributed by atoms with Gasteiger partial charge in [0.2, 0.25) is 0 Å². The number of aromatic nitrogens is 1. The van der Waals surface area contributed by atoms with Crippen LogP contribution in [0.3, 0.4) is 0 Å². The second-order valence-electron chi connectivity index (χ2n) is 5.97. The Morgan fingerprint density at radius 3 is 2.64 bits per heavy atom. The number of benzene rings is 1. The predicted octanol–water partition coefficient (Wildman–Crippen LogP) is 1.57. The number of morpholine rings is 1. The van der Waals surface area contributed by atoms with Crippen LogP contribution < -0.4 is 15.5 Å². The van der Waals surface area contributed by atoms with Crippen molar-refractivity contribution in [2.75, 3.05) is 38.3 Å². The molecule has 0 radical (unpaired) electrons. The van der Waals surface area contributed by atoms with Crippen LogP contribution in [0.4, 0.5) is 5.82 Å². The predicted molar refractivity (Wildman–Crippen MR) is 97.6 cm³/mol. The van der Waals surface area contributed by atoms with Crippen molar-refractivity contribution in [2.45, 2.75) is 13.1 Å². The van der Waals surface area contributed by atoms with Gasteiger partial charge in [0, 0.05) is 50.6 Å². The number of anilines is 1. The Morgan fingerprint density at radius 2 is 1.92 bits per heavy atom. The maximum Gasteiger partial charge on any atom is 0.251 e. The topological polar surface area (TPSA) is 66.5 Å². The Labute approximate surface area is 148 Å². The lowest BCUT2D eigenvalue weighted by Gasteiger charge is -2.29. The summed E-state index contributed by atoms with van der Waals surface area (Å²) in [6.07, 6.45) is 1.84. The van der Waals surface area contributed by atoms with E-state index in [1.54, 1.807) is 7.05 Å². The molecule has 25 heavy (non-hydrogen) atoms. The standard InChI is InChI=1S/C19H24N4O2/c1-20-19(24)16-6-4-15(5-7-16)13-21-14-17-3-2-8-22-18(17)23-9-11-25-12-10-23/h2-8,21H,9-14H2,1H3,(H,20,24). The first-order valence-corrected chi connectivity index (χ1v) is 8.56. The van der Waals surface area contributed by atoms with E-state index in [2.05, 4.69) is 26.6 Å². The van der Waals surface area contributed by atoms with Crippen LogP contribution >= 0.6 is 0 Å². The second-order valence-corrected chi connectivity index (χ2v) is 5.97. The van der Waals surface area contributed by atoms with Crippen molar-refractivity contribution >= 4 is 11.7 Å². The highest BCUT2D eigenvalue weighted by atomic mass is 16.5. The summed E-state index contributed by atoms with van der Waals surface area (Å²) < 4.78 is 5.42. The molecule has 1 fully saturated rings. The Morgan fingerprint density at radius 1 is 1.16 bits per heavy atom. The third kappa shape index (κ3) is 4.55. The molecule has 1 amide bonds. The van der Waals surface area contributed by atoms with E-state index in [4.69, 9.17) is 4.74 Å². The number of ether oxygens (including phenoxy) is 1. The van der Waals surface area contributed by atoms with Gasteiger partial charge in [0.25, 0.3) is 5.91 Å². The molecule has 6 heteroatoms. The summed E-state index contributed by atoms with van der Waals surface area (Å²) in [6.45, 7) is 4.75. The van der Waals surface area contributed by atoms with Crippen LogP contribution in [0, 0.1) is 0 Å². The van der Waals surface area contributed by atoms with E-state index in [1.165, 1.54) is 5.56 Å². The Hall–Kier alpha value is -2.44. The summed E-state index contributed by atoms with van der Waals surface area (Å²) >= 11 is 0. The second kappa shape index (κ2) is 8.60. The molecule has 1 aliphatic rings. The maximum atomic E-state index is 11.6. The maximum absolute atomic E-state index is 11.6. The summed E-state index contributed by atoms with van der Waals surface area (Å²) in [5.41, 5.74) is 3.00. The summed E-state index contributed by atoms with van der Waals surface area (Å²) in [5, 5.41) is 6.09. The van der Waals surface area contributed by atoms with Crippen LogP contribution in [-0.4, -0.2) is 44.2 Å². The highest BCUT2D eigenvalue weighted by Gasteiger charge is 2.15. The lowest BCUT2D eigenvalue weighted by atomic mass is 10.1. The number of hydrogen-bond acceptors (Lipinski definition) is 5. The molecule has 1 aromatic heterocycles. The first-order chi connectivity index (χ1) is 12.3. The Bertz CT molecular complexity index is 697. The number of nitrogens with one attached hydrogen (secondary N) is 2. The van der Waals surface area contributed by atoms with Gasteiger partial charge in [-0.25, -0.2) is 4.98 Å². The zero-order valence-electron chi connectivity index (χ0n) is 14.5. The van der Waals surface area contributed by atoms with E-state index in [0.29, 0.717) is 5.56 Å². The van der Waals surface area contributed by atoms with Crippen LogP contribution in [0.5, 0.6) is 0 Å². The Balaban J connectivity index is 1.58. The van der Waals surface area contributed by atoms with Crippen molar-refractivity contribution in [2.24, 2.45) is 0 Å². The van der Waals surface area contributed by atoms with E-state index in [0.717, 1.165) is 50.8 Å². The van der Waals surface area contributed by atoms with E-state index in [1.807, 2.05) is 36.5 Å². The largest absolute Gasteiger partial charge is 0.378 e. The number of pyridine rings is 1. The highest BCUT2D eigenvalue weighted by Crippen LogP contribution is 2.18. The number of nitrogens with zero attached hydrogens (tertiary/aromatic N) is 2. The zero-order chi connectivity index (χ0) is 17.5. The van der Waals surface area contributed by atoms with Crippen LogP contribution in [-0.2, 0) is 17.8 Å². The fourth-order valence-corrected chi connectivity index (χ4v) is 2.89. The summed E-state index contributed by atoms with van der Waals surface area (Å²) in [7, 11) is 1.64. The zero-order valence-corrected chi connectivity index (χ0v) is 14.5. The van der Waals surface area contributed by atoms with Gasteiger partial charge in [0.05, 0.1) is 13.2 Å². The molecule has 0 unspecified atom stereocenters. The van der Waals surface area contributed by atoms with Crippen LogP contribution in [0.1, 0.15) is 21.5 Å². The van der Waals surface area contributed by atoms with Crippen molar-refractivity contribution in [3.05, 3.63) is 59.3 Å². The minimum atomic E-state index is -0.0648. The van der Waals surface area contributed by atoms with Crippen LogP contribution in [0.2, 0.25) is 0 Å². The number of carbonyl (C=O) groups is 1. The van der Waals surface area contributed by atoms with Crippen LogP contribution in [0.15, 0.2) is 42.6 Å². The molecule has 2 N–H and O–H groups in total. The van der Waals surface area contributed by atoms with Gasteiger partial charge in [0.1, 0.15) is 5.82 Å². The summed E-state index contributed by atoms with van der Waals surface area (Å²) in [5.74, 6) is 0.971. The highest BCUT2D eigenvalue weighted by molar-refractivity contribution is 5.93. The molecule has 0 bridgehead atoms. The fourth-order valence-electron chi connectivity index (χ4n) is 2.89. The molecule has 1 saturated heterocycles. The lowest BCUT2D eigenvalue weighted by molar-refractivity contribution is 0.0963. The van der Waals surface area contributed by atoms with Gasteiger partial charge in [-0.05, 0) is 23.8 Å². The average Bonchev–Trinajstić information content (AvgIpc) is 2.69. The number of carbonyl (C=O) groups excluding carboxylic acids is 1. The minimum Gasteiger partial charge on any atom is -0.378 e. The molecule has 0 aliphatic carbocycles. The molecule has 0 atom stereocenters. The molecule has 1 aromatic carbocycles. The third-order valence-corrected chi connectivity index (χ3v) is 4.27. The van der Waals surface area contributed by atoms with Gasteiger partial charge in [-0.15, -0.1) is 0 Å². The van der Waals surface area contributed by atoms with Crippen molar-refractivity contribution in [3.63, 3.8) is 0 Å². The fraction of sp³-hybridized carbons (Fsp3) is 0.368. The first kappa shape index (κ1) is 17.4. The van der Waals surface area contributed by atoms with E-state index < -0.39 is 0 Å². The molecule has 0 spiro atoms. The average molecular weight is 340 g/mol. The van der Waals surface area contributed by atoms with E-state index in [-0.39, 0.29) is 5.91 Å². The molecule has 3 rings (SSSR count). The monoisotopic (exact) mass is 340 g/mol. The van der Waals surface area contributed by atoms with Crippen molar-refractivity contribution in [1.82, 2.24) is 15.6 Å². The molecule has 2 heterocycles. The molecule has 2 aromatic rings. The molecular formula is C19H24N4O2. The van der Waals surface area contributed by atoms with Gasteiger partial charge in [-0.1, -0.05) is 18.2 Å². The summed E-state index contributed by atoms with van der Waals surface area (Å²) in [4.78, 5) is 18.4. The first-order valence-electron chi connectivity index (χ1n) is 8.56. The van der Waals surface area contributed by atoms with Crippen molar-refractivity contribution in [1.29, 1.82) is 0 Å². The van der Waals surface area contributed by atoms with E-state index in [9.17, 15) is 4.79 Å². The van der Waals surface area contributed by atoms with Crippen molar-refractivity contribution < 1.29 is 9.53 Å². The van der Waals surface area contributed by atoms with Gasteiger partial charge in [-0.2, -0.15) is 0 Å². The molecule has 6 nitrogen and oxygen atoms in total. The van der Waals surface area contributed by atoms with Crippen LogP contribution in [0.25, 0.3) is 0 Å². The van der Waals surface area contributed by atoms with Crippen molar-refractivity contribution in [3.8, 4) is 0 Å². The molecular weight excluding hydrogens is 316 g/mol. The molecule has 132 valence electrons. The number of hydrogen-bond donors (Lipinski definition) is 2. The number of amides is 1. The molecule has 0 saturated carbocycles. The summed E-state index contributed by atoms with van der Waals surface area (Å²) in [6, 6.07) is 11.7. The molecule has 1 aliphatic heterocycles. The van der Waals surface area contributed by atoms with Gasteiger partial charge in [0.15, 0.2) is 0 Å². The van der Waals surface area contributed by atoms with Gasteiger partial charge in [-0.3, -0.25) is 4.79 Å². The van der Waals surface area contributed by atoms with E-state index >= 15 is 0 Å².